The number of hydrogen-bond donors (Lipinski definition) is 2. The number of carboxylic acid groups (broad SMARTS) is 1. The van der Waals surface area contributed by atoms with Gasteiger partial charge in [0.2, 0.25) is 10.0 Å². The molecule has 94 valence electrons. The number of sulfonamides is 1. The molecule has 6 heteroatoms. The summed E-state index contributed by atoms with van der Waals surface area (Å²) in [7, 11) is -3.76. The molecule has 1 aromatic carbocycles. The lowest BCUT2D eigenvalue weighted by atomic mass is 10.2. The quantitative estimate of drug-likeness (QED) is 0.802. The van der Waals surface area contributed by atoms with Crippen LogP contribution in [0, 0.1) is 0 Å². The van der Waals surface area contributed by atoms with E-state index in [4.69, 9.17) is 5.11 Å². The molecule has 0 aliphatic heterocycles. The van der Waals surface area contributed by atoms with E-state index in [2.05, 4.69) is 4.72 Å². The normalized spacial score (nSPS) is 13.2. The Labute approximate surface area is 101 Å². The van der Waals surface area contributed by atoms with Gasteiger partial charge >= 0.3 is 5.97 Å². The van der Waals surface area contributed by atoms with E-state index in [0.29, 0.717) is 6.42 Å². The summed E-state index contributed by atoms with van der Waals surface area (Å²) in [5, 5.41) is 8.89. The third kappa shape index (κ3) is 3.83. The van der Waals surface area contributed by atoms with Gasteiger partial charge < -0.3 is 5.11 Å². The predicted molar refractivity (Wildman–Crippen MR) is 63.1 cm³/mol. The summed E-state index contributed by atoms with van der Waals surface area (Å²) in [6, 6.07) is 6.64. The van der Waals surface area contributed by atoms with Crippen molar-refractivity contribution in [3.8, 4) is 0 Å². The number of aliphatic carboxylic acids is 1. The number of rotatable bonds is 6. The van der Waals surface area contributed by atoms with E-state index in [0.717, 1.165) is 0 Å². The van der Waals surface area contributed by atoms with Crippen LogP contribution in [0.4, 0.5) is 0 Å². The highest BCUT2D eigenvalue weighted by molar-refractivity contribution is 7.89. The highest BCUT2D eigenvalue weighted by Gasteiger charge is 2.24. The fourth-order valence-corrected chi connectivity index (χ4v) is 2.62. The van der Waals surface area contributed by atoms with Crippen molar-refractivity contribution in [1.29, 1.82) is 0 Å². The van der Waals surface area contributed by atoms with Crippen LogP contribution in [0.1, 0.15) is 19.8 Å². The monoisotopic (exact) mass is 257 g/mol. The van der Waals surface area contributed by atoms with Crippen molar-refractivity contribution in [2.75, 3.05) is 0 Å². The number of carbonyl (C=O) groups is 1. The van der Waals surface area contributed by atoms with Gasteiger partial charge in [0.25, 0.3) is 0 Å². The Bertz CT molecular complexity index is 470. The van der Waals surface area contributed by atoms with Gasteiger partial charge in [0.1, 0.15) is 6.04 Å². The SMILES string of the molecule is CCC[C@H](NS(=O)(=O)c1ccccc1)C(=O)O. The highest BCUT2D eigenvalue weighted by atomic mass is 32.2. The molecule has 0 saturated heterocycles. The fourth-order valence-electron chi connectivity index (χ4n) is 1.38. The minimum atomic E-state index is -3.76. The minimum Gasteiger partial charge on any atom is -0.480 e. The zero-order chi connectivity index (χ0) is 12.9. The van der Waals surface area contributed by atoms with Crippen LogP contribution < -0.4 is 4.72 Å². The third-order valence-electron chi connectivity index (χ3n) is 2.23. The Hall–Kier alpha value is -1.40. The molecular formula is C11H15NO4S. The molecule has 5 nitrogen and oxygen atoms in total. The lowest BCUT2D eigenvalue weighted by Crippen LogP contribution is -2.40. The molecule has 0 saturated carbocycles. The average Bonchev–Trinajstić information content (AvgIpc) is 2.29. The van der Waals surface area contributed by atoms with Crippen LogP contribution >= 0.6 is 0 Å². The summed E-state index contributed by atoms with van der Waals surface area (Å²) in [4.78, 5) is 10.9. The highest BCUT2D eigenvalue weighted by Crippen LogP contribution is 2.09. The smallest absolute Gasteiger partial charge is 0.321 e. The second-order valence-corrected chi connectivity index (χ2v) is 5.33. The van der Waals surface area contributed by atoms with Crippen molar-refractivity contribution in [3.05, 3.63) is 30.3 Å². The maximum Gasteiger partial charge on any atom is 0.321 e. The Morgan fingerprint density at radius 2 is 1.94 bits per heavy atom. The number of carboxylic acids is 1. The van der Waals surface area contributed by atoms with E-state index < -0.39 is 22.0 Å². The standard InChI is InChI=1S/C11H15NO4S/c1-2-6-10(11(13)14)12-17(15,16)9-7-4-3-5-8-9/h3-5,7-8,10,12H,2,6H2,1H3,(H,13,14)/t10-/m0/s1. The van der Waals surface area contributed by atoms with E-state index in [1.807, 2.05) is 0 Å². The van der Waals surface area contributed by atoms with Crippen molar-refractivity contribution in [2.45, 2.75) is 30.7 Å². The van der Waals surface area contributed by atoms with Gasteiger partial charge in [0, 0.05) is 0 Å². The molecule has 0 aliphatic rings. The molecule has 0 radical (unpaired) electrons. The predicted octanol–water partition coefficient (Wildman–Crippen LogP) is 1.22. The van der Waals surface area contributed by atoms with Gasteiger partial charge in [-0.05, 0) is 18.6 Å². The molecule has 0 spiro atoms. The largest absolute Gasteiger partial charge is 0.480 e. The topological polar surface area (TPSA) is 83.5 Å². The second kappa shape index (κ2) is 5.79. The first-order valence-electron chi connectivity index (χ1n) is 5.27. The Balaban J connectivity index is 2.89. The van der Waals surface area contributed by atoms with Crippen LogP contribution in [0.2, 0.25) is 0 Å². The van der Waals surface area contributed by atoms with Gasteiger partial charge in [-0.25, -0.2) is 8.42 Å². The van der Waals surface area contributed by atoms with Crippen molar-refractivity contribution in [2.24, 2.45) is 0 Å². The molecule has 0 bridgehead atoms. The van der Waals surface area contributed by atoms with Crippen LogP contribution in [0.3, 0.4) is 0 Å². The van der Waals surface area contributed by atoms with Gasteiger partial charge in [-0.2, -0.15) is 4.72 Å². The molecule has 0 fully saturated rings. The average molecular weight is 257 g/mol. The first-order valence-corrected chi connectivity index (χ1v) is 6.76. The zero-order valence-electron chi connectivity index (χ0n) is 9.46. The van der Waals surface area contributed by atoms with Crippen molar-refractivity contribution >= 4 is 16.0 Å². The van der Waals surface area contributed by atoms with Gasteiger partial charge in [-0.15, -0.1) is 0 Å². The summed E-state index contributed by atoms with van der Waals surface area (Å²) < 4.78 is 25.9. The van der Waals surface area contributed by atoms with Crippen LogP contribution in [0.5, 0.6) is 0 Å². The maximum atomic E-state index is 11.8. The van der Waals surface area contributed by atoms with Crippen molar-refractivity contribution < 1.29 is 18.3 Å². The second-order valence-electron chi connectivity index (χ2n) is 3.61. The number of benzene rings is 1. The van der Waals surface area contributed by atoms with Gasteiger partial charge in [0.15, 0.2) is 0 Å². The van der Waals surface area contributed by atoms with E-state index in [-0.39, 0.29) is 11.3 Å². The lowest BCUT2D eigenvalue weighted by molar-refractivity contribution is -0.139. The van der Waals surface area contributed by atoms with E-state index in [1.165, 1.54) is 12.1 Å². The first-order chi connectivity index (χ1) is 7.97. The molecule has 0 aliphatic carbocycles. The fraction of sp³-hybridized carbons (Fsp3) is 0.364. The summed E-state index contributed by atoms with van der Waals surface area (Å²) >= 11 is 0. The molecule has 0 aromatic heterocycles. The lowest BCUT2D eigenvalue weighted by Gasteiger charge is -2.13. The van der Waals surface area contributed by atoms with Crippen LogP contribution in [0.15, 0.2) is 35.2 Å². The molecule has 1 rings (SSSR count). The van der Waals surface area contributed by atoms with Crippen molar-refractivity contribution in [3.63, 3.8) is 0 Å². The molecule has 0 heterocycles. The molecule has 17 heavy (non-hydrogen) atoms. The Morgan fingerprint density at radius 1 is 1.35 bits per heavy atom. The van der Waals surface area contributed by atoms with E-state index in [9.17, 15) is 13.2 Å². The molecule has 0 amide bonds. The summed E-state index contributed by atoms with van der Waals surface area (Å²) in [5.74, 6) is -1.16. The van der Waals surface area contributed by atoms with Gasteiger partial charge in [-0.1, -0.05) is 31.5 Å². The molecule has 1 aromatic rings. The molecule has 0 unspecified atom stereocenters. The Kier molecular flexibility index (Phi) is 4.65. The number of nitrogens with one attached hydrogen (secondary N) is 1. The van der Waals surface area contributed by atoms with Crippen LogP contribution in [0.25, 0.3) is 0 Å². The summed E-state index contributed by atoms with van der Waals surface area (Å²) in [6.45, 7) is 1.80. The molecular weight excluding hydrogens is 242 g/mol. The van der Waals surface area contributed by atoms with Crippen LogP contribution in [-0.4, -0.2) is 25.5 Å². The maximum absolute atomic E-state index is 11.8. The third-order valence-corrected chi connectivity index (χ3v) is 3.71. The minimum absolute atomic E-state index is 0.0716. The van der Waals surface area contributed by atoms with Crippen LogP contribution in [-0.2, 0) is 14.8 Å². The Morgan fingerprint density at radius 3 is 2.41 bits per heavy atom. The summed E-state index contributed by atoms with van der Waals surface area (Å²) in [5.41, 5.74) is 0. The van der Waals surface area contributed by atoms with E-state index in [1.54, 1.807) is 25.1 Å². The first kappa shape index (κ1) is 13.7. The number of hydrogen-bond acceptors (Lipinski definition) is 3. The van der Waals surface area contributed by atoms with Crippen molar-refractivity contribution in [1.82, 2.24) is 4.72 Å². The summed E-state index contributed by atoms with van der Waals surface area (Å²) in [6.07, 6.45) is 0.857. The molecule has 2 N–H and O–H groups in total. The molecule has 1 atom stereocenters. The van der Waals surface area contributed by atoms with Gasteiger partial charge in [-0.3, -0.25) is 4.79 Å². The van der Waals surface area contributed by atoms with Gasteiger partial charge in [0.05, 0.1) is 4.90 Å². The van der Waals surface area contributed by atoms with E-state index >= 15 is 0 Å². The zero-order valence-corrected chi connectivity index (χ0v) is 10.3.